The zero-order valence-electron chi connectivity index (χ0n) is 12.7. The summed E-state index contributed by atoms with van der Waals surface area (Å²) in [5, 5.41) is 18.6. The van der Waals surface area contributed by atoms with Crippen LogP contribution >= 0.6 is 0 Å². The number of phenols is 2. The van der Waals surface area contributed by atoms with E-state index in [0.29, 0.717) is 0 Å². The fourth-order valence-corrected chi connectivity index (χ4v) is 1.92. The number of allylic oxidation sites excluding steroid dienone is 1. The Bertz CT molecular complexity index is 495. The van der Waals surface area contributed by atoms with Crippen molar-refractivity contribution >= 4 is 0 Å². The van der Waals surface area contributed by atoms with E-state index in [9.17, 15) is 10.2 Å². The van der Waals surface area contributed by atoms with Gasteiger partial charge in [-0.15, -0.1) is 6.58 Å². The van der Waals surface area contributed by atoms with Crippen molar-refractivity contribution in [3.63, 3.8) is 0 Å². The van der Waals surface area contributed by atoms with Gasteiger partial charge >= 0.3 is 0 Å². The molecule has 0 amide bonds. The molecule has 0 aromatic heterocycles. The molecule has 22 heavy (non-hydrogen) atoms. The zero-order chi connectivity index (χ0) is 15.2. The van der Waals surface area contributed by atoms with Gasteiger partial charge < -0.3 is 10.2 Å². The number of aromatic hydroxyl groups is 2. The van der Waals surface area contributed by atoms with Crippen molar-refractivity contribution in [2.45, 2.75) is 33.6 Å². The lowest BCUT2D eigenvalue weighted by Gasteiger charge is -2.26. The predicted octanol–water partition coefficient (Wildman–Crippen LogP) is 5.40. The molecule has 0 heterocycles. The van der Waals surface area contributed by atoms with Gasteiger partial charge in [0.1, 0.15) is 11.5 Å². The Morgan fingerprint density at radius 2 is 1.05 bits per heavy atom. The summed E-state index contributed by atoms with van der Waals surface area (Å²) in [5.41, 5.74) is 2.10. The summed E-state index contributed by atoms with van der Waals surface area (Å²) < 4.78 is 0. The number of phenolic OH excluding ortho intramolecular Hbond substituents is 2. The van der Waals surface area contributed by atoms with E-state index < -0.39 is 0 Å². The third-order valence-corrected chi connectivity index (χ3v) is 3.18. The van der Waals surface area contributed by atoms with Crippen molar-refractivity contribution in [1.29, 1.82) is 0 Å². The van der Waals surface area contributed by atoms with Crippen LogP contribution in [0.2, 0.25) is 0 Å². The Morgan fingerprint density at radius 1 is 0.818 bits per heavy atom. The summed E-state index contributed by atoms with van der Waals surface area (Å²) in [6.45, 7) is 9.48. The van der Waals surface area contributed by atoms with Gasteiger partial charge in [-0.05, 0) is 42.3 Å². The Hall–Kier alpha value is -2.29. The van der Waals surface area contributed by atoms with Crippen molar-refractivity contribution in [2.75, 3.05) is 0 Å². The first kappa shape index (κ1) is 22.0. The van der Waals surface area contributed by atoms with E-state index in [1.165, 1.54) is 0 Å². The lowest BCUT2D eigenvalue weighted by molar-refractivity contribution is 0.474. The van der Waals surface area contributed by atoms with Gasteiger partial charge in [0.05, 0.1) is 0 Å². The minimum Gasteiger partial charge on any atom is -0.508 e. The maximum atomic E-state index is 9.30. The van der Waals surface area contributed by atoms with Crippen LogP contribution in [0, 0.1) is 0 Å². The van der Waals surface area contributed by atoms with Crippen molar-refractivity contribution < 1.29 is 14.9 Å². The SMILES string of the molecule is C.C=CC.CC(C)(c1ccc(O)cc1)c1ccc(O)cc1.F. The number of benzene rings is 2. The lowest BCUT2D eigenvalue weighted by atomic mass is 9.78. The second-order valence-corrected chi connectivity index (χ2v) is 5.13. The third-order valence-electron chi connectivity index (χ3n) is 3.18. The Morgan fingerprint density at radius 3 is 1.27 bits per heavy atom. The van der Waals surface area contributed by atoms with Crippen molar-refractivity contribution in [1.82, 2.24) is 0 Å². The lowest BCUT2D eigenvalue weighted by Crippen LogP contribution is -2.18. The normalized spacial score (nSPS) is 9.41. The molecule has 0 spiro atoms. The summed E-state index contributed by atoms with van der Waals surface area (Å²) in [6.07, 6.45) is 1.75. The van der Waals surface area contributed by atoms with Gasteiger partial charge in [0, 0.05) is 5.41 Å². The smallest absolute Gasteiger partial charge is 0.115 e. The second kappa shape index (κ2) is 9.61. The number of rotatable bonds is 2. The summed E-state index contributed by atoms with van der Waals surface area (Å²) in [6, 6.07) is 14.4. The fourth-order valence-electron chi connectivity index (χ4n) is 1.92. The summed E-state index contributed by atoms with van der Waals surface area (Å²) in [7, 11) is 0. The molecule has 0 aliphatic carbocycles. The Kier molecular flexibility index (Phi) is 9.61. The van der Waals surface area contributed by atoms with Crippen LogP contribution in [0.1, 0.15) is 39.3 Å². The van der Waals surface area contributed by atoms with E-state index in [2.05, 4.69) is 20.4 Å². The molecule has 0 saturated heterocycles. The first-order chi connectivity index (χ1) is 9.41. The Labute approximate surface area is 133 Å². The third kappa shape index (κ3) is 5.60. The van der Waals surface area contributed by atoms with Gasteiger partial charge in [-0.2, -0.15) is 0 Å². The molecule has 3 heteroatoms. The molecule has 0 bridgehead atoms. The molecule has 0 unspecified atom stereocenters. The van der Waals surface area contributed by atoms with Crippen LogP contribution < -0.4 is 0 Å². The number of hydrogen-bond acceptors (Lipinski definition) is 2. The van der Waals surface area contributed by atoms with Crippen molar-refractivity contribution in [3.8, 4) is 11.5 Å². The van der Waals surface area contributed by atoms with Crippen LogP contribution in [-0.2, 0) is 5.41 Å². The molecule has 0 saturated carbocycles. The molecule has 2 N–H and O–H groups in total. The standard InChI is InChI=1S/C15H16O2.C3H6.CH4.FH/c1-15(2,11-3-7-13(16)8-4-11)12-5-9-14(17)10-6-12;1-3-2;;/h3-10,16-17H,1-2H3;3H,1H2,2H3;1H4;1H. The zero-order valence-corrected chi connectivity index (χ0v) is 12.7. The Balaban J connectivity index is 0. The second-order valence-electron chi connectivity index (χ2n) is 5.13. The monoisotopic (exact) mass is 306 g/mol. The van der Waals surface area contributed by atoms with Crippen molar-refractivity contribution in [3.05, 3.63) is 72.3 Å². The highest BCUT2D eigenvalue weighted by atomic mass is 19.0. The summed E-state index contributed by atoms with van der Waals surface area (Å²) in [5.74, 6) is 0.547. The molecule has 0 aliphatic heterocycles. The molecule has 122 valence electrons. The van der Waals surface area contributed by atoms with E-state index in [-0.39, 0.29) is 29.0 Å². The maximum Gasteiger partial charge on any atom is 0.115 e. The van der Waals surface area contributed by atoms with Gasteiger partial charge in [-0.25, -0.2) is 0 Å². The predicted molar refractivity (Wildman–Crippen MR) is 93.4 cm³/mol. The maximum absolute atomic E-state index is 9.30. The van der Waals surface area contributed by atoms with Gasteiger partial charge in [0.15, 0.2) is 0 Å². The van der Waals surface area contributed by atoms with E-state index >= 15 is 0 Å². The molecule has 0 fully saturated rings. The molecule has 2 nitrogen and oxygen atoms in total. The molecule has 0 radical (unpaired) electrons. The first-order valence-corrected chi connectivity index (χ1v) is 6.58. The quantitative estimate of drug-likeness (QED) is 0.729. The first-order valence-electron chi connectivity index (χ1n) is 6.58. The number of halogens is 1. The average molecular weight is 306 g/mol. The molecule has 2 aromatic carbocycles. The number of hydrogen-bond donors (Lipinski definition) is 2. The van der Waals surface area contributed by atoms with E-state index in [1.54, 1.807) is 30.3 Å². The van der Waals surface area contributed by atoms with Crippen LogP contribution in [0.4, 0.5) is 4.70 Å². The van der Waals surface area contributed by atoms with E-state index in [0.717, 1.165) is 11.1 Å². The largest absolute Gasteiger partial charge is 0.508 e. The topological polar surface area (TPSA) is 40.5 Å². The van der Waals surface area contributed by atoms with Crippen molar-refractivity contribution in [2.24, 2.45) is 0 Å². The highest BCUT2D eigenvalue weighted by Gasteiger charge is 2.22. The van der Waals surface area contributed by atoms with Crippen LogP contribution in [-0.4, -0.2) is 10.2 Å². The molecule has 0 aliphatic rings. The average Bonchev–Trinajstić information content (AvgIpc) is 2.40. The fraction of sp³-hybridized carbons (Fsp3) is 0.263. The highest BCUT2D eigenvalue weighted by Crippen LogP contribution is 2.32. The van der Waals surface area contributed by atoms with Crippen LogP contribution in [0.5, 0.6) is 11.5 Å². The van der Waals surface area contributed by atoms with E-state index in [4.69, 9.17) is 0 Å². The van der Waals surface area contributed by atoms with Gasteiger partial charge in [0.25, 0.3) is 0 Å². The molecule has 0 atom stereocenters. The molecular formula is C19H27FO2. The summed E-state index contributed by atoms with van der Waals surface area (Å²) >= 11 is 0. The minimum absolute atomic E-state index is 0. The van der Waals surface area contributed by atoms with Gasteiger partial charge in [-0.1, -0.05) is 51.6 Å². The van der Waals surface area contributed by atoms with Crippen LogP contribution in [0.15, 0.2) is 61.2 Å². The molecule has 2 aromatic rings. The highest BCUT2D eigenvalue weighted by molar-refractivity contribution is 5.41. The van der Waals surface area contributed by atoms with Crippen LogP contribution in [0.3, 0.4) is 0 Å². The minimum atomic E-state index is -0.151. The summed E-state index contributed by atoms with van der Waals surface area (Å²) in [4.78, 5) is 0. The van der Waals surface area contributed by atoms with Gasteiger partial charge in [0.2, 0.25) is 0 Å². The van der Waals surface area contributed by atoms with E-state index in [1.807, 2.05) is 31.2 Å². The van der Waals surface area contributed by atoms with Crippen LogP contribution in [0.25, 0.3) is 0 Å². The molecule has 2 rings (SSSR count). The molecular weight excluding hydrogens is 279 g/mol. The van der Waals surface area contributed by atoms with Gasteiger partial charge in [-0.3, -0.25) is 4.70 Å².